The second-order valence-corrected chi connectivity index (χ2v) is 7.87. The first kappa shape index (κ1) is 17.0. The second-order valence-electron chi connectivity index (χ2n) is 7.87. The summed E-state index contributed by atoms with van der Waals surface area (Å²) in [5, 5.41) is 10.4. The highest BCUT2D eigenvalue weighted by Crippen LogP contribution is 2.28. The van der Waals surface area contributed by atoms with Crippen LogP contribution in [0.15, 0.2) is 109 Å². The van der Waals surface area contributed by atoms with Crippen LogP contribution in [-0.4, -0.2) is 0 Å². The molecule has 6 aromatic rings. The average Bonchev–Trinajstić information content (AvgIpc) is 2.82. The third-order valence-electron chi connectivity index (χ3n) is 6.01. The van der Waals surface area contributed by atoms with Crippen LogP contribution in [0.1, 0.15) is 11.1 Å². The molecule has 0 aliphatic rings. The van der Waals surface area contributed by atoms with Gasteiger partial charge in [0.25, 0.3) is 0 Å². The average molecular weight is 380 g/mol. The molecule has 0 amide bonds. The SMILES string of the molecule is C(=C\c1ccc2ccc3ccccc3c2c1)/c1ccc2c(ccc3ccccc32)c1. The van der Waals surface area contributed by atoms with Crippen LogP contribution in [0.25, 0.3) is 55.2 Å². The summed E-state index contributed by atoms with van der Waals surface area (Å²) in [4.78, 5) is 0. The van der Waals surface area contributed by atoms with Gasteiger partial charge in [-0.2, -0.15) is 0 Å². The minimum atomic E-state index is 1.22. The molecule has 0 nitrogen and oxygen atoms in total. The van der Waals surface area contributed by atoms with Crippen molar-refractivity contribution in [2.45, 2.75) is 0 Å². The van der Waals surface area contributed by atoms with Crippen molar-refractivity contribution in [2.75, 3.05) is 0 Å². The molecule has 0 radical (unpaired) electrons. The van der Waals surface area contributed by atoms with E-state index < -0.39 is 0 Å². The minimum Gasteiger partial charge on any atom is -0.0616 e. The van der Waals surface area contributed by atoms with Gasteiger partial charge in [0.1, 0.15) is 0 Å². The largest absolute Gasteiger partial charge is 0.0616 e. The zero-order chi connectivity index (χ0) is 19.9. The fourth-order valence-corrected chi connectivity index (χ4v) is 4.45. The molecular weight excluding hydrogens is 360 g/mol. The van der Waals surface area contributed by atoms with Gasteiger partial charge in [-0.15, -0.1) is 0 Å². The van der Waals surface area contributed by atoms with Crippen LogP contribution in [0.2, 0.25) is 0 Å². The third kappa shape index (κ3) is 2.86. The van der Waals surface area contributed by atoms with E-state index in [0.29, 0.717) is 0 Å². The second kappa shape index (κ2) is 6.86. The normalized spacial score (nSPS) is 11.9. The van der Waals surface area contributed by atoms with Gasteiger partial charge in [-0.1, -0.05) is 109 Å². The summed E-state index contributed by atoms with van der Waals surface area (Å²) in [5.74, 6) is 0. The quantitative estimate of drug-likeness (QED) is 0.209. The maximum atomic E-state index is 2.29. The van der Waals surface area contributed by atoms with Gasteiger partial charge in [0.2, 0.25) is 0 Å². The molecule has 0 saturated carbocycles. The van der Waals surface area contributed by atoms with E-state index in [1.807, 2.05) is 0 Å². The maximum absolute atomic E-state index is 2.29. The Morgan fingerprint density at radius 3 is 1.53 bits per heavy atom. The standard InChI is InChI=1S/C30H20/c1-3-7-27-23(5-1)16-17-26-19-21(12-18-29(26)27)9-10-22-11-13-25-15-14-24-6-2-4-8-28(24)30(25)20-22/h1-20H/b10-9+. The van der Waals surface area contributed by atoms with Crippen molar-refractivity contribution in [3.8, 4) is 0 Å². The summed E-state index contributed by atoms with van der Waals surface area (Å²) >= 11 is 0. The molecule has 0 heterocycles. The molecule has 0 aliphatic heterocycles. The Morgan fingerprint density at radius 1 is 0.333 bits per heavy atom. The topological polar surface area (TPSA) is 0 Å². The molecule has 6 rings (SSSR count). The van der Waals surface area contributed by atoms with Crippen molar-refractivity contribution in [1.29, 1.82) is 0 Å². The van der Waals surface area contributed by atoms with Crippen molar-refractivity contribution in [3.63, 3.8) is 0 Å². The van der Waals surface area contributed by atoms with E-state index in [1.54, 1.807) is 0 Å². The Labute approximate surface area is 175 Å². The highest BCUT2D eigenvalue weighted by atomic mass is 14.1. The summed E-state index contributed by atoms with van der Waals surface area (Å²) in [6.45, 7) is 0. The first-order valence-corrected chi connectivity index (χ1v) is 10.4. The summed E-state index contributed by atoms with van der Waals surface area (Å²) in [7, 11) is 0. The van der Waals surface area contributed by atoms with Crippen molar-refractivity contribution < 1.29 is 0 Å². The van der Waals surface area contributed by atoms with Crippen molar-refractivity contribution in [3.05, 3.63) is 120 Å². The molecule has 30 heavy (non-hydrogen) atoms. The van der Waals surface area contributed by atoms with E-state index in [4.69, 9.17) is 0 Å². The molecule has 0 aliphatic carbocycles. The molecule has 0 unspecified atom stereocenters. The molecule has 0 atom stereocenters. The van der Waals surface area contributed by atoms with Gasteiger partial charge in [-0.05, 0) is 66.3 Å². The molecule has 0 aromatic heterocycles. The molecule has 6 aromatic carbocycles. The Morgan fingerprint density at radius 2 is 0.800 bits per heavy atom. The highest BCUT2D eigenvalue weighted by molar-refractivity contribution is 6.09. The predicted octanol–water partition coefficient (Wildman–Crippen LogP) is 8.47. The van der Waals surface area contributed by atoms with Crippen LogP contribution < -0.4 is 0 Å². The van der Waals surface area contributed by atoms with E-state index in [9.17, 15) is 0 Å². The molecule has 0 heteroatoms. The molecular formula is C30H20. The van der Waals surface area contributed by atoms with E-state index in [-0.39, 0.29) is 0 Å². The van der Waals surface area contributed by atoms with Crippen LogP contribution in [-0.2, 0) is 0 Å². The van der Waals surface area contributed by atoms with Gasteiger partial charge >= 0.3 is 0 Å². The fraction of sp³-hybridized carbons (Fsp3) is 0. The van der Waals surface area contributed by atoms with Crippen LogP contribution in [0.4, 0.5) is 0 Å². The van der Waals surface area contributed by atoms with Crippen molar-refractivity contribution in [2.24, 2.45) is 0 Å². The van der Waals surface area contributed by atoms with E-state index in [1.165, 1.54) is 54.2 Å². The fourth-order valence-electron chi connectivity index (χ4n) is 4.45. The van der Waals surface area contributed by atoms with Gasteiger partial charge in [0.05, 0.1) is 0 Å². The first-order valence-electron chi connectivity index (χ1n) is 10.4. The summed E-state index contributed by atoms with van der Waals surface area (Å²) in [5.41, 5.74) is 2.44. The molecule has 0 bridgehead atoms. The summed E-state index contributed by atoms with van der Waals surface area (Å²) < 4.78 is 0. The lowest BCUT2D eigenvalue weighted by Gasteiger charge is -2.06. The Kier molecular flexibility index (Phi) is 3.89. The molecule has 0 N–H and O–H groups in total. The van der Waals surface area contributed by atoms with Crippen molar-refractivity contribution >= 4 is 55.2 Å². The molecule has 140 valence electrons. The van der Waals surface area contributed by atoms with Crippen LogP contribution in [0.5, 0.6) is 0 Å². The minimum absolute atomic E-state index is 1.22. The van der Waals surface area contributed by atoms with E-state index in [2.05, 4.69) is 121 Å². The number of benzene rings is 6. The molecule has 0 saturated heterocycles. The lowest BCUT2D eigenvalue weighted by molar-refractivity contribution is 1.71. The van der Waals surface area contributed by atoms with E-state index >= 15 is 0 Å². The van der Waals surface area contributed by atoms with Crippen molar-refractivity contribution in [1.82, 2.24) is 0 Å². The zero-order valence-corrected chi connectivity index (χ0v) is 16.5. The summed E-state index contributed by atoms with van der Waals surface area (Å²) in [6, 6.07) is 39.4. The molecule has 0 fully saturated rings. The lowest BCUT2D eigenvalue weighted by atomic mass is 9.98. The molecule has 0 spiro atoms. The lowest BCUT2D eigenvalue weighted by Crippen LogP contribution is -1.81. The third-order valence-corrected chi connectivity index (χ3v) is 6.01. The van der Waals surface area contributed by atoms with Crippen LogP contribution in [0, 0.1) is 0 Å². The monoisotopic (exact) mass is 380 g/mol. The van der Waals surface area contributed by atoms with Gasteiger partial charge < -0.3 is 0 Å². The van der Waals surface area contributed by atoms with Crippen LogP contribution >= 0.6 is 0 Å². The van der Waals surface area contributed by atoms with Gasteiger partial charge in [0.15, 0.2) is 0 Å². The number of rotatable bonds is 2. The smallest absolute Gasteiger partial charge is 0.00995 e. The van der Waals surface area contributed by atoms with Crippen LogP contribution in [0.3, 0.4) is 0 Å². The zero-order valence-electron chi connectivity index (χ0n) is 16.5. The highest BCUT2D eigenvalue weighted by Gasteiger charge is 2.02. The first-order chi connectivity index (χ1) is 14.8. The van der Waals surface area contributed by atoms with Gasteiger partial charge in [-0.25, -0.2) is 0 Å². The Hall–Kier alpha value is -3.90. The number of fused-ring (bicyclic) bond motifs is 6. The van der Waals surface area contributed by atoms with E-state index in [0.717, 1.165) is 0 Å². The number of hydrogen-bond acceptors (Lipinski definition) is 0. The van der Waals surface area contributed by atoms with Gasteiger partial charge in [-0.3, -0.25) is 0 Å². The van der Waals surface area contributed by atoms with Gasteiger partial charge in [0, 0.05) is 0 Å². The number of hydrogen-bond donors (Lipinski definition) is 0. The predicted molar refractivity (Wildman–Crippen MR) is 132 cm³/mol. The Balaban J connectivity index is 1.41. The maximum Gasteiger partial charge on any atom is -0.00995 e. The summed E-state index contributed by atoms with van der Waals surface area (Å²) in [6.07, 6.45) is 4.42. The Bertz CT molecular complexity index is 1580.